The Morgan fingerprint density at radius 3 is 2.87 bits per heavy atom. The van der Waals surface area contributed by atoms with E-state index in [1.165, 1.54) is 25.8 Å². The highest BCUT2D eigenvalue weighted by Gasteiger charge is 2.14. The van der Waals surface area contributed by atoms with E-state index in [4.69, 9.17) is 0 Å². The first kappa shape index (κ1) is 12.7. The number of rotatable bonds is 6. The molecule has 1 rings (SSSR count). The van der Waals surface area contributed by atoms with Crippen LogP contribution in [0.3, 0.4) is 0 Å². The highest BCUT2D eigenvalue weighted by atomic mass is 15.1. The van der Waals surface area contributed by atoms with Gasteiger partial charge in [0.15, 0.2) is 0 Å². The molecule has 1 N–H and O–H groups in total. The average molecular weight is 210 g/mol. The Balaban J connectivity index is 2.14. The van der Waals surface area contributed by atoms with Crippen LogP contribution < -0.4 is 5.32 Å². The summed E-state index contributed by atoms with van der Waals surface area (Å²) in [5, 5.41) is 3.47. The van der Waals surface area contributed by atoms with Gasteiger partial charge in [-0.1, -0.05) is 18.6 Å². The highest BCUT2D eigenvalue weighted by molar-refractivity contribution is 5.04. The van der Waals surface area contributed by atoms with Gasteiger partial charge in [0.2, 0.25) is 0 Å². The van der Waals surface area contributed by atoms with Gasteiger partial charge in [-0.15, -0.1) is 0 Å². The van der Waals surface area contributed by atoms with Gasteiger partial charge >= 0.3 is 0 Å². The molecule has 0 spiro atoms. The van der Waals surface area contributed by atoms with Crippen molar-refractivity contribution >= 4 is 0 Å². The summed E-state index contributed by atoms with van der Waals surface area (Å²) in [5.74, 6) is 0. The van der Waals surface area contributed by atoms with E-state index in [1.807, 2.05) is 0 Å². The van der Waals surface area contributed by atoms with Crippen LogP contribution in [0.2, 0.25) is 0 Å². The van der Waals surface area contributed by atoms with Crippen molar-refractivity contribution in [1.82, 2.24) is 10.2 Å². The molecule has 0 saturated heterocycles. The Labute approximate surface area is 94.7 Å². The maximum absolute atomic E-state index is 3.47. The van der Waals surface area contributed by atoms with E-state index in [2.05, 4.69) is 37.1 Å². The number of hydrogen-bond acceptors (Lipinski definition) is 2. The van der Waals surface area contributed by atoms with Gasteiger partial charge in [0.25, 0.3) is 0 Å². The topological polar surface area (TPSA) is 15.3 Å². The van der Waals surface area contributed by atoms with Crippen molar-refractivity contribution in [2.75, 3.05) is 26.2 Å². The molecule has 1 unspecified atom stereocenters. The smallest absolute Gasteiger partial charge is 0.0168 e. The summed E-state index contributed by atoms with van der Waals surface area (Å²) >= 11 is 0. The fraction of sp³-hybridized carbons (Fsp3) is 0.846. The molecular weight excluding hydrogens is 184 g/mol. The molecule has 0 radical (unpaired) electrons. The fourth-order valence-corrected chi connectivity index (χ4v) is 1.98. The maximum atomic E-state index is 3.47. The summed E-state index contributed by atoms with van der Waals surface area (Å²) < 4.78 is 0. The van der Waals surface area contributed by atoms with Gasteiger partial charge in [-0.2, -0.15) is 0 Å². The predicted octanol–water partition coefficient (Wildman–Crippen LogP) is 2.42. The largest absolute Gasteiger partial charge is 0.317 e. The molecule has 88 valence electrons. The molecule has 2 nitrogen and oxygen atoms in total. The van der Waals surface area contributed by atoms with Crippen LogP contribution in [0.15, 0.2) is 11.6 Å². The van der Waals surface area contributed by atoms with E-state index in [0.717, 1.165) is 25.7 Å². The van der Waals surface area contributed by atoms with Gasteiger partial charge in [0.05, 0.1) is 0 Å². The van der Waals surface area contributed by atoms with Crippen LogP contribution in [0.5, 0.6) is 0 Å². The van der Waals surface area contributed by atoms with E-state index in [-0.39, 0.29) is 0 Å². The highest BCUT2D eigenvalue weighted by Crippen LogP contribution is 2.13. The van der Waals surface area contributed by atoms with Gasteiger partial charge in [-0.05, 0) is 46.2 Å². The molecule has 15 heavy (non-hydrogen) atoms. The first-order valence-corrected chi connectivity index (χ1v) is 6.34. The summed E-state index contributed by atoms with van der Waals surface area (Å²) in [6, 6.07) is 0.721. The lowest BCUT2D eigenvalue weighted by Gasteiger charge is -2.31. The summed E-state index contributed by atoms with van der Waals surface area (Å²) in [5.41, 5.74) is 1.56. The van der Waals surface area contributed by atoms with Gasteiger partial charge in [0.1, 0.15) is 0 Å². The zero-order valence-electron chi connectivity index (χ0n) is 10.6. The van der Waals surface area contributed by atoms with E-state index in [0.29, 0.717) is 0 Å². The molecule has 1 aliphatic heterocycles. The van der Waals surface area contributed by atoms with Crippen molar-refractivity contribution in [2.45, 2.75) is 46.1 Å². The molecule has 0 saturated carbocycles. The summed E-state index contributed by atoms with van der Waals surface area (Å²) in [4.78, 5) is 2.58. The monoisotopic (exact) mass is 210 g/mol. The molecule has 0 aromatic heterocycles. The van der Waals surface area contributed by atoms with Crippen molar-refractivity contribution in [3.8, 4) is 0 Å². The predicted molar refractivity (Wildman–Crippen MR) is 67.2 cm³/mol. The Hall–Kier alpha value is -0.340. The molecule has 1 aliphatic rings. The second-order valence-corrected chi connectivity index (χ2v) is 4.68. The van der Waals surface area contributed by atoms with E-state index < -0.39 is 0 Å². The van der Waals surface area contributed by atoms with Crippen LogP contribution >= 0.6 is 0 Å². The van der Waals surface area contributed by atoms with Crippen LogP contribution in [0.25, 0.3) is 0 Å². The van der Waals surface area contributed by atoms with E-state index in [1.54, 1.807) is 5.57 Å². The molecule has 2 heteroatoms. The summed E-state index contributed by atoms with van der Waals surface area (Å²) in [7, 11) is 0. The second-order valence-electron chi connectivity index (χ2n) is 4.68. The Morgan fingerprint density at radius 2 is 2.27 bits per heavy atom. The lowest BCUT2D eigenvalue weighted by atomic mass is 10.1. The van der Waals surface area contributed by atoms with Crippen molar-refractivity contribution < 1.29 is 0 Å². The molecule has 1 heterocycles. The van der Waals surface area contributed by atoms with Crippen LogP contribution in [0, 0.1) is 0 Å². The molecule has 0 aliphatic carbocycles. The van der Waals surface area contributed by atoms with Gasteiger partial charge in [-0.25, -0.2) is 0 Å². The van der Waals surface area contributed by atoms with Crippen molar-refractivity contribution in [2.24, 2.45) is 0 Å². The minimum Gasteiger partial charge on any atom is -0.317 e. The minimum atomic E-state index is 0.721. The van der Waals surface area contributed by atoms with Crippen LogP contribution in [0.1, 0.15) is 40.0 Å². The number of nitrogens with one attached hydrogen (secondary N) is 1. The molecule has 0 aromatic rings. The molecule has 1 atom stereocenters. The third kappa shape index (κ3) is 4.80. The Bertz CT molecular complexity index is 199. The third-order valence-electron chi connectivity index (χ3n) is 3.26. The standard InChI is InChI=1S/C13H26N2/c1-4-8-14-9-5-13(3)15-10-6-12(2)7-11-15/h6,13-14H,4-5,7-11H2,1-3H3. The first-order chi connectivity index (χ1) is 7.24. The Morgan fingerprint density at radius 1 is 1.47 bits per heavy atom. The third-order valence-corrected chi connectivity index (χ3v) is 3.26. The van der Waals surface area contributed by atoms with Gasteiger partial charge in [0, 0.05) is 19.1 Å². The minimum absolute atomic E-state index is 0.721. The maximum Gasteiger partial charge on any atom is 0.0168 e. The fourth-order valence-electron chi connectivity index (χ4n) is 1.98. The lowest BCUT2D eigenvalue weighted by Crippen LogP contribution is -2.38. The normalized spacial score (nSPS) is 20.1. The summed E-state index contributed by atoms with van der Waals surface area (Å²) in [6.45, 7) is 11.5. The molecule has 0 bridgehead atoms. The van der Waals surface area contributed by atoms with Crippen molar-refractivity contribution in [3.63, 3.8) is 0 Å². The molecular formula is C13H26N2. The van der Waals surface area contributed by atoms with Gasteiger partial charge < -0.3 is 5.32 Å². The SMILES string of the molecule is CCCNCCC(C)N1CC=C(C)CC1. The molecule has 0 aromatic carbocycles. The van der Waals surface area contributed by atoms with Crippen molar-refractivity contribution in [1.29, 1.82) is 0 Å². The Kier molecular flexibility index (Phi) is 5.96. The lowest BCUT2D eigenvalue weighted by molar-refractivity contribution is 0.214. The number of hydrogen-bond donors (Lipinski definition) is 1. The van der Waals surface area contributed by atoms with Crippen LogP contribution in [-0.4, -0.2) is 37.1 Å². The zero-order valence-corrected chi connectivity index (χ0v) is 10.6. The van der Waals surface area contributed by atoms with Crippen LogP contribution in [0.4, 0.5) is 0 Å². The number of nitrogens with zero attached hydrogens (tertiary/aromatic N) is 1. The first-order valence-electron chi connectivity index (χ1n) is 6.34. The second kappa shape index (κ2) is 7.02. The molecule has 0 fully saturated rings. The van der Waals surface area contributed by atoms with Gasteiger partial charge in [-0.3, -0.25) is 4.90 Å². The quantitative estimate of drug-likeness (QED) is 0.535. The zero-order chi connectivity index (χ0) is 11.1. The molecule has 0 amide bonds. The van der Waals surface area contributed by atoms with Crippen molar-refractivity contribution in [3.05, 3.63) is 11.6 Å². The average Bonchev–Trinajstić information content (AvgIpc) is 2.25. The summed E-state index contributed by atoms with van der Waals surface area (Å²) in [6.07, 6.45) is 6.14. The van der Waals surface area contributed by atoms with E-state index >= 15 is 0 Å². The van der Waals surface area contributed by atoms with Crippen LogP contribution in [-0.2, 0) is 0 Å². The van der Waals surface area contributed by atoms with E-state index in [9.17, 15) is 0 Å².